The fourth-order valence-corrected chi connectivity index (χ4v) is 4.24. The van der Waals surface area contributed by atoms with Gasteiger partial charge in [-0.3, -0.25) is 4.79 Å². The lowest BCUT2D eigenvalue weighted by molar-refractivity contribution is -0.114. The minimum absolute atomic E-state index is 0.0708. The standard InChI is InChI=1S/C17H20N4O4S/c1-13(22)20-14-2-4-16(5-3-14)26(23,24)21-10-7-15(8-11-21)25-17-6-9-18-12-19-17/h2-6,9,12,15H,7-8,10-11H2,1H3,(H,20,22). The number of hydrogen-bond acceptors (Lipinski definition) is 6. The average Bonchev–Trinajstić information content (AvgIpc) is 2.63. The van der Waals surface area contributed by atoms with Gasteiger partial charge in [0.15, 0.2) is 0 Å². The first-order valence-electron chi connectivity index (χ1n) is 8.25. The molecule has 2 aromatic rings. The highest BCUT2D eigenvalue weighted by Gasteiger charge is 2.30. The topological polar surface area (TPSA) is 101 Å². The van der Waals surface area contributed by atoms with Gasteiger partial charge in [-0.15, -0.1) is 0 Å². The zero-order chi connectivity index (χ0) is 18.6. The number of ether oxygens (including phenoxy) is 1. The third kappa shape index (κ3) is 4.36. The molecular formula is C17H20N4O4S. The lowest BCUT2D eigenvalue weighted by atomic mass is 10.1. The van der Waals surface area contributed by atoms with Crippen molar-refractivity contribution in [2.75, 3.05) is 18.4 Å². The molecule has 0 radical (unpaired) electrons. The highest BCUT2D eigenvalue weighted by atomic mass is 32.2. The van der Waals surface area contributed by atoms with Crippen LogP contribution < -0.4 is 10.1 Å². The minimum Gasteiger partial charge on any atom is -0.474 e. The van der Waals surface area contributed by atoms with Crippen molar-refractivity contribution in [2.24, 2.45) is 0 Å². The Labute approximate surface area is 152 Å². The number of nitrogens with one attached hydrogen (secondary N) is 1. The van der Waals surface area contributed by atoms with E-state index < -0.39 is 10.0 Å². The molecule has 0 spiro atoms. The van der Waals surface area contributed by atoms with Gasteiger partial charge < -0.3 is 10.1 Å². The molecule has 0 bridgehead atoms. The summed E-state index contributed by atoms with van der Waals surface area (Å²) in [5, 5.41) is 2.62. The molecular weight excluding hydrogens is 356 g/mol. The zero-order valence-corrected chi connectivity index (χ0v) is 15.1. The van der Waals surface area contributed by atoms with Crippen LogP contribution in [0.2, 0.25) is 0 Å². The molecule has 1 aliphatic heterocycles. The Morgan fingerprint density at radius 1 is 1.19 bits per heavy atom. The molecule has 8 nitrogen and oxygen atoms in total. The van der Waals surface area contributed by atoms with Crippen molar-refractivity contribution < 1.29 is 17.9 Å². The van der Waals surface area contributed by atoms with Gasteiger partial charge in [-0.2, -0.15) is 4.31 Å². The van der Waals surface area contributed by atoms with Gasteiger partial charge in [0, 0.05) is 38.0 Å². The Hall–Kier alpha value is -2.52. The second kappa shape index (κ2) is 7.79. The third-order valence-corrected chi connectivity index (χ3v) is 5.97. The number of carbonyl (C=O) groups excluding carboxylic acids is 1. The molecule has 1 aliphatic rings. The predicted octanol–water partition coefficient (Wildman–Crippen LogP) is 1.67. The molecule has 1 fully saturated rings. The van der Waals surface area contributed by atoms with Crippen molar-refractivity contribution in [3.63, 3.8) is 0 Å². The van der Waals surface area contributed by atoms with Crippen molar-refractivity contribution >= 4 is 21.6 Å². The quantitative estimate of drug-likeness (QED) is 0.852. The van der Waals surface area contributed by atoms with Crippen molar-refractivity contribution in [3.8, 4) is 5.88 Å². The molecule has 1 N–H and O–H groups in total. The van der Waals surface area contributed by atoms with Crippen LogP contribution in [0.3, 0.4) is 0 Å². The first-order valence-corrected chi connectivity index (χ1v) is 9.69. The molecule has 1 amide bonds. The normalized spacial score (nSPS) is 16.2. The first-order chi connectivity index (χ1) is 12.4. The van der Waals surface area contributed by atoms with Crippen molar-refractivity contribution in [1.82, 2.24) is 14.3 Å². The summed E-state index contributed by atoms with van der Waals surface area (Å²) in [4.78, 5) is 19.1. The molecule has 0 unspecified atom stereocenters. The van der Waals surface area contributed by atoms with Crippen LogP contribution in [-0.4, -0.2) is 47.8 Å². The highest BCUT2D eigenvalue weighted by molar-refractivity contribution is 7.89. The van der Waals surface area contributed by atoms with E-state index in [2.05, 4.69) is 15.3 Å². The monoisotopic (exact) mass is 376 g/mol. The molecule has 1 aromatic carbocycles. The summed E-state index contributed by atoms with van der Waals surface area (Å²) < 4.78 is 32.7. The number of anilines is 1. The molecule has 1 aromatic heterocycles. The molecule has 0 atom stereocenters. The zero-order valence-electron chi connectivity index (χ0n) is 14.3. The van der Waals surface area contributed by atoms with Gasteiger partial charge >= 0.3 is 0 Å². The van der Waals surface area contributed by atoms with Gasteiger partial charge in [-0.1, -0.05) is 0 Å². The van der Waals surface area contributed by atoms with Crippen LogP contribution in [0, 0.1) is 0 Å². The van der Waals surface area contributed by atoms with E-state index >= 15 is 0 Å². The number of carbonyl (C=O) groups is 1. The van der Waals surface area contributed by atoms with Crippen molar-refractivity contribution in [2.45, 2.75) is 30.8 Å². The molecule has 9 heteroatoms. The number of rotatable bonds is 5. The van der Waals surface area contributed by atoms with E-state index in [0.717, 1.165) is 0 Å². The smallest absolute Gasteiger partial charge is 0.243 e. The number of amides is 1. The number of benzene rings is 1. The van der Waals surface area contributed by atoms with E-state index in [1.54, 1.807) is 24.4 Å². The maximum Gasteiger partial charge on any atom is 0.243 e. The summed E-state index contributed by atoms with van der Waals surface area (Å²) in [7, 11) is -3.56. The summed E-state index contributed by atoms with van der Waals surface area (Å²) in [6.07, 6.45) is 4.13. The Kier molecular flexibility index (Phi) is 5.48. The highest BCUT2D eigenvalue weighted by Crippen LogP contribution is 2.24. The van der Waals surface area contributed by atoms with Crippen LogP contribution in [-0.2, 0) is 14.8 Å². The fraction of sp³-hybridized carbons (Fsp3) is 0.353. The van der Waals surface area contributed by atoms with Crippen LogP contribution >= 0.6 is 0 Å². The van der Waals surface area contributed by atoms with E-state index in [1.165, 1.54) is 29.7 Å². The van der Waals surface area contributed by atoms with E-state index in [1.807, 2.05) is 0 Å². The summed E-state index contributed by atoms with van der Waals surface area (Å²) in [6, 6.07) is 7.85. The molecule has 138 valence electrons. The van der Waals surface area contributed by atoms with Crippen LogP contribution in [0.5, 0.6) is 5.88 Å². The molecule has 0 saturated carbocycles. The predicted molar refractivity (Wildman–Crippen MR) is 95.2 cm³/mol. The molecule has 0 aliphatic carbocycles. The summed E-state index contributed by atoms with van der Waals surface area (Å²) >= 11 is 0. The third-order valence-electron chi connectivity index (χ3n) is 4.06. The van der Waals surface area contributed by atoms with Crippen LogP contribution in [0.15, 0.2) is 47.8 Å². The Morgan fingerprint density at radius 2 is 1.88 bits per heavy atom. The number of piperidine rings is 1. The lowest BCUT2D eigenvalue weighted by Crippen LogP contribution is -2.41. The second-order valence-electron chi connectivity index (χ2n) is 5.97. The molecule has 26 heavy (non-hydrogen) atoms. The Balaban J connectivity index is 1.61. The number of aromatic nitrogens is 2. The van der Waals surface area contributed by atoms with Crippen LogP contribution in [0.1, 0.15) is 19.8 Å². The van der Waals surface area contributed by atoms with Gasteiger partial charge in [0.2, 0.25) is 21.8 Å². The fourth-order valence-electron chi connectivity index (χ4n) is 2.77. The maximum atomic E-state index is 12.8. The van der Waals surface area contributed by atoms with Gasteiger partial charge in [-0.05, 0) is 37.1 Å². The number of nitrogens with zero attached hydrogens (tertiary/aromatic N) is 3. The van der Waals surface area contributed by atoms with E-state index in [0.29, 0.717) is 37.5 Å². The van der Waals surface area contributed by atoms with Gasteiger partial charge in [0.25, 0.3) is 0 Å². The first kappa shape index (κ1) is 18.3. The van der Waals surface area contributed by atoms with Gasteiger partial charge in [0.1, 0.15) is 12.4 Å². The molecule has 1 saturated heterocycles. The molecule has 2 heterocycles. The maximum absolute atomic E-state index is 12.8. The van der Waals surface area contributed by atoms with Crippen LogP contribution in [0.25, 0.3) is 0 Å². The number of hydrogen-bond donors (Lipinski definition) is 1. The lowest BCUT2D eigenvalue weighted by Gasteiger charge is -2.31. The van der Waals surface area contributed by atoms with Crippen molar-refractivity contribution in [3.05, 3.63) is 42.9 Å². The van der Waals surface area contributed by atoms with Gasteiger partial charge in [-0.25, -0.2) is 18.4 Å². The van der Waals surface area contributed by atoms with Gasteiger partial charge in [0.05, 0.1) is 4.90 Å². The van der Waals surface area contributed by atoms with Crippen molar-refractivity contribution in [1.29, 1.82) is 0 Å². The van der Waals surface area contributed by atoms with Crippen LogP contribution in [0.4, 0.5) is 5.69 Å². The van der Waals surface area contributed by atoms with E-state index in [-0.39, 0.29) is 16.9 Å². The average molecular weight is 376 g/mol. The Bertz CT molecular complexity index is 848. The number of sulfonamides is 1. The summed E-state index contributed by atoms with van der Waals surface area (Å²) in [6.45, 7) is 2.16. The second-order valence-corrected chi connectivity index (χ2v) is 7.91. The largest absolute Gasteiger partial charge is 0.474 e. The summed E-state index contributed by atoms with van der Waals surface area (Å²) in [5.41, 5.74) is 0.563. The Morgan fingerprint density at radius 3 is 2.46 bits per heavy atom. The van der Waals surface area contributed by atoms with E-state index in [9.17, 15) is 13.2 Å². The SMILES string of the molecule is CC(=O)Nc1ccc(S(=O)(=O)N2CCC(Oc3ccncn3)CC2)cc1. The summed E-state index contributed by atoms with van der Waals surface area (Å²) in [5.74, 6) is 0.293. The molecule has 3 rings (SSSR count). The minimum atomic E-state index is -3.56. The van der Waals surface area contributed by atoms with E-state index in [4.69, 9.17) is 4.74 Å².